The van der Waals surface area contributed by atoms with Gasteiger partial charge in [0.1, 0.15) is 6.04 Å². The van der Waals surface area contributed by atoms with Gasteiger partial charge in [0.15, 0.2) is 0 Å². The Hall–Kier alpha value is -1.63. The van der Waals surface area contributed by atoms with Crippen molar-refractivity contribution in [3.8, 4) is 0 Å². The molecular formula is C10H16N2O5. The molecule has 1 atom stereocenters. The predicted octanol–water partition coefficient (Wildman–Crippen LogP) is -1.22. The van der Waals surface area contributed by atoms with E-state index in [1.165, 1.54) is 18.9 Å². The first kappa shape index (κ1) is 13.4. The summed E-state index contributed by atoms with van der Waals surface area (Å²) in [5, 5.41) is 8.68. The highest BCUT2D eigenvalue weighted by Crippen LogP contribution is 2.11. The number of carboxylic acids is 1. The molecule has 0 aromatic carbocycles. The average molecular weight is 244 g/mol. The van der Waals surface area contributed by atoms with Crippen LogP contribution in [0.15, 0.2) is 0 Å². The fourth-order valence-corrected chi connectivity index (χ4v) is 1.89. The van der Waals surface area contributed by atoms with Crippen LogP contribution in [0.4, 0.5) is 0 Å². The Bertz CT molecular complexity index is 331. The molecule has 1 unspecified atom stereocenters. The van der Waals surface area contributed by atoms with Crippen LogP contribution in [0, 0.1) is 0 Å². The van der Waals surface area contributed by atoms with Gasteiger partial charge in [-0.3, -0.25) is 14.5 Å². The lowest BCUT2D eigenvalue weighted by molar-refractivity contribution is -0.156. The van der Waals surface area contributed by atoms with Crippen LogP contribution in [0.1, 0.15) is 6.92 Å². The van der Waals surface area contributed by atoms with Crippen molar-refractivity contribution in [3.63, 3.8) is 0 Å². The second-order valence-corrected chi connectivity index (χ2v) is 3.88. The third-order valence-corrected chi connectivity index (χ3v) is 2.70. The second-order valence-electron chi connectivity index (χ2n) is 3.88. The number of hydrogen-bond acceptors (Lipinski definition) is 5. The van der Waals surface area contributed by atoms with E-state index in [1.54, 1.807) is 4.90 Å². The molecule has 1 aliphatic rings. The summed E-state index contributed by atoms with van der Waals surface area (Å²) >= 11 is 0. The van der Waals surface area contributed by atoms with E-state index in [9.17, 15) is 14.4 Å². The number of amides is 1. The summed E-state index contributed by atoms with van der Waals surface area (Å²) in [5.74, 6) is -1.68. The summed E-state index contributed by atoms with van der Waals surface area (Å²) in [6.07, 6.45) is 0. The van der Waals surface area contributed by atoms with E-state index in [0.717, 1.165) is 0 Å². The Morgan fingerprint density at radius 2 is 2.00 bits per heavy atom. The third-order valence-electron chi connectivity index (χ3n) is 2.70. The van der Waals surface area contributed by atoms with Gasteiger partial charge >= 0.3 is 11.9 Å². The first-order chi connectivity index (χ1) is 7.95. The van der Waals surface area contributed by atoms with Crippen molar-refractivity contribution in [1.29, 1.82) is 0 Å². The SMILES string of the molecule is COC(=O)C1CN(CC(=O)O)CCN1C(C)=O. The quantitative estimate of drug-likeness (QED) is 0.626. The summed E-state index contributed by atoms with van der Waals surface area (Å²) in [6.45, 7) is 2.21. The first-order valence-corrected chi connectivity index (χ1v) is 5.25. The number of carboxylic acid groups (broad SMARTS) is 1. The molecule has 0 spiro atoms. The molecule has 0 aromatic heterocycles. The monoisotopic (exact) mass is 244 g/mol. The third kappa shape index (κ3) is 3.42. The highest BCUT2D eigenvalue weighted by molar-refractivity contribution is 5.84. The fourth-order valence-electron chi connectivity index (χ4n) is 1.89. The van der Waals surface area contributed by atoms with Crippen LogP contribution in [0.5, 0.6) is 0 Å². The number of carbonyl (C=O) groups excluding carboxylic acids is 2. The summed E-state index contributed by atoms with van der Waals surface area (Å²) in [4.78, 5) is 36.5. The Labute approximate surface area is 98.9 Å². The summed E-state index contributed by atoms with van der Waals surface area (Å²) < 4.78 is 4.62. The number of carbonyl (C=O) groups is 3. The van der Waals surface area contributed by atoms with Crippen LogP contribution >= 0.6 is 0 Å². The van der Waals surface area contributed by atoms with Gasteiger partial charge in [0.2, 0.25) is 5.91 Å². The van der Waals surface area contributed by atoms with Crippen molar-refractivity contribution in [3.05, 3.63) is 0 Å². The molecule has 1 fully saturated rings. The topological polar surface area (TPSA) is 87.2 Å². The standard InChI is InChI=1S/C10H16N2O5/c1-7(13)12-4-3-11(6-9(14)15)5-8(12)10(16)17-2/h8H,3-6H2,1-2H3,(H,14,15). The summed E-state index contributed by atoms with van der Waals surface area (Å²) in [7, 11) is 1.25. The maximum atomic E-state index is 11.5. The van der Waals surface area contributed by atoms with Gasteiger partial charge in [0.25, 0.3) is 0 Å². The number of methoxy groups -OCH3 is 1. The largest absolute Gasteiger partial charge is 0.480 e. The van der Waals surface area contributed by atoms with Crippen LogP contribution in [0.3, 0.4) is 0 Å². The van der Waals surface area contributed by atoms with E-state index in [0.29, 0.717) is 13.1 Å². The lowest BCUT2D eigenvalue weighted by Gasteiger charge is -2.38. The van der Waals surface area contributed by atoms with Crippen LogP contribution < -0.4 is 0 Å². The molecule has 7 heteroatoms. The normalized spacial score (nSPS) is 21.1. The molecule has 0 saturated carbocycles. The molecule has 1 N–H and O–H groups in total. The molecule has 1 heterocycles. The van der Waals surface area contributed by atoms with Crippen molar-refractivity contribution >= 4 is 17.8 Å². The van der Waals surface area contributed by atoms with E-state index in [-0.39, 0.29) is 19.0 Å². The van der Waals surface area contributed by atoms with E-state index < -0.39 is 18.0 Å². The highest BCUT2D eigenvalue weighted by Gasteiger charge is 2.35. The zero-order chi connectivity index (χ0) is 13.0. The van der Waals surface area contributed by atoms with Crippen molar-refractivity contribution in [2.24, 2.45) is 0 Å². The second kappa shape index (κ2) is 5.62. The van der Waals surface area contributed by atoms with Crippen LogP contribution in [-0.2, 0) is 19.1 Å². The summed E-state index contributed by atoms with van der Waals surface area (Å²) in [6, 6.07) is -0.717. The number of esters is 1. The number of rotatable bonds is 3. The smallest absolute Gasteiger partial charge is 0.329 e. The molecule has 7 nitrogen and oxygen atoms in total. The van der Waals surface area contributed by atoms with Crippen molar-refractivity contribution in [1.82, 2.24) is 9.80 Å². The van der Waals surface area contributed by atoms with Crippen molar-refractivity contribution < 1.29 is 24.2 Å². The molecule has 0 radical (unpaired) electrons. The predicted molar refractivity (Wildman–Crippen MR) is 57.3 cm³/mol. The Morgan fingerprint density at radius 3 is 2.47 bits per heavy atom. The lowest BCUT2D eigenvalue weighted by atomic mass is 10.1. The molecule has 17 heavy (non-hydrogen) atoms. The number of ether oxygens (including phenoxy) is 1. The Balaban J connectivity index is 2.73. The number of nitrogens with zero attached hydrogens (tertiary/aromatic N) is 2. The first-order valence-electron chi connectivity index (χ1n) is 5.25. The van der Waals surface area contributed by atoms with E-state index in [4.69, 9.17) is 5.11 Å². The van der Waals surface area contributed by atoms with E-state index in [1.807, 2.05) is 0 Å². The maximum absolute atomic E-state index is 11.5. The van der Waals surface area contributed by atoms with Crippen molar-refractivity contribution in [2.45, 2.75) is 13.0 Å². The van der Waals surface area contributed by atoms with Crippen LogP contribution in [0.25, 0.3) is 0 Å². The van der Waals surface area contributed by atoms with Gasteiger partial charge in [-0.1, -0.05) is 0 Å². The number of piperazine rings is 1. The van der Waals surface area contributed by atoms with E-state index >= 15 is 0 Å². The van der Waals surface area contributed by atoms with Gasteiger partial charge in [-0.2, -0.15) is 0 Å². The summed E-state index contributed by atoms with van der Waals surface area (Å²) in [5.41, 5.74) is 0. The molecule has 0 aliphatic carbocycles. The Morgan fingerprint density at radius 1 is 1.35 bits per heavy atom. The molecule has 0 aromatic rings. The highest BCUT2D eigenvalue weighted by atomic mass is 16.5. The average Bonchev–Trinajstić information content (AvgIpc) is 2.26. The molecule has 1 rings (SSSR count). The minimum absolute atomic E-state index is 0.140. The lowest BCUT2D eigenvalue weighted by Crippen LogP contribution is -2.58. The Kier molecular flexibility index (Phi) is 4.45. The van der Waals surface area contributed by atoms with Crippen LogP contribution in [0.2, 0.25) is 0 Å². The van der Waals surface area contributed by atoms with E-state index in [2.05, 4.69) is 4.74 Å². The molecular weight excluding hydrogens is 228 g/mol. The minimum atomic E-state index is -0.954. The zero-order valence-corrected chi connectivity index (χ0v) is 9.88. The maximum Gasteiger partial charge on any atom is 0.329 e. The van der Waals surface area contributed by atoms with Gasteiger partial charge in [0, 0.05) is 26.6 Å². The van der Waals surface area contributed by atoms with Crippen molar-refractivity contribution in [2.75, 3.05) is 33.3 Å². The van der Waals surface area contributed by atoms with Gasteiger partial charge in [-0.15, -0.1) is 0 Å². The molecule has 1 saturated heterocycles. The number of aliphatic carboxylic acids is 1. The van der Waals surface area contributed by atoms with Gasteiger partial charge < -0.3 is 14.7 Å². The van der Waals surface area contributed by atoms with Gasteiger partial charge in [-0.25, -0.2) is 4.79 Å². The zero-order valence-electron chi connectivity index (χ0n) is 9.88. The molecule has 0 bridgehead atoms. The number of hydrogen-bond donors (Lipinski definition) is 1. The minimum Gasteiger partial charge on any atom is -0.480 e. The van der Waals surface area contributed by atoms with Gasteiger partial charge in [0.05, 0.1) is 13.7 Å². The molecule has 96 valence electrons. The van der Waals surface area contributed by atoms with Gasteiger partial charge in [-0.05, 0) is 0 Å². The van der Waals surface area contributed by atoms with Crippen LogP contribution in [-0.4, -0.2) is 72.1 Å². The molecule has 1 aliphatic heterocycles. The fraction of sp³-hybridized carbons (Fsp3) is 0.700. The molecule has 1 amide bonds.